The molecule has 2 bridgehead atoms. The number of nitrogens with zero attached hydrogens (tertiary/aromatic N) is 2. The number of pyridine rings is 1. The van der Waals surface area contributed by atoms with Crippen molar-refractivity contribution in [2.24, 2.45) is 11.7 Å². The second kappa shape index (κ2) is 10.9. The molecule has 1 aromatic carbocycles. The fraction of sp³-hybridized carbons (Fsp3) is 0.533. The van der Waals surface area contributed by atoms with Gasteiger partial charge in [0.2, 0.25) is 0 Å². The summed E-state index contributed by atoms with van der Waals surface area (Å²) in [5, 5.41) is 9.68. The minimum absolute atomic E-state index is 0.0416. The van der Waals surface area contributed by atoms with Crippen molar-refractivity contribution in [3.05, 3.63) is 53.2 Å². The summed E-state index contributed by atoms with van der Waals surface area (Å²) in [5.41, 5.74) is 7.73. The van der Waals surface area contributed by atoms with Gasteiger partial charge in [0, 0.05) is 48.2 Å². The van der Waals surface area contributed by atoms with Gasteiger partial charge >= 0.3 is 0 Å². The highest BCUT2D eigenvalue weighted by Gasteiger charge is 2.42. The Morgan fingerprint density at radius 3 is 2.15 bits per heavy atom. The maximum atomic E-state index is 13.2. The first kappa shape index (κ1) is 25.6. The van der Waals surface area contributed by atoms with Gasteiger partial charge in [-0.15, -0.1) is 0 Å². The highest BCUT2D eigenvalue weighted by Crippen LogP contribution is 2.39. The Kier molecular flexibility index (Phi) is 7.14. The second-order valence-corrected chi connectivity index (χ2v) is 11.7. The predicted molar refractivity (Wildman–Crippen MR) is 150 cm³/mol. The Labute approximate surface area is 229 Å². The monoisotopic (exact) mass is 530 g/mol. The van der Waals surface area contributed by atoms with Crippen LogP contribution in [0.1, 0.15) is 95.3 Å². The van der Waals surface area contributed by atoms with Crippen LogP contribution in [0.25, 0.3) is 0 Å². The molecular formula is C30H38N6O3. The number of nitrogens with two attached hydrogens (primary N) is 1. The molecule has 2 aromatic rings. The number of nitrogens with one attached hydrogen (secondary N) is 3. The van der Waals surface area contributed by atoms with E-state index in [1.165, 1.54) is 25.7 Å². The van der Waals surface area contributed by atoms with Gasteiger partial charge in [0.1, 0.15) is 5.82 Å². The molecule has 2 saturated carbocycles. The molecule has 206 valence electrons. The Bertz CT molecular complexity index is 1220. The third kappa shape index (κ3) is 5.72. The molecule has 0 radical (unpaired) electrons. The lowest BCUT2D eigenvalue weighted by atomic mass is 9.96. The first-order chi connectivity index (χ1) is 18.9. The number of primary amides is 1. The number of fused-ring (bicyclic) bond motifs is 2. The summed E-state index contributed by atoms with van der Waals surface area (Å²) in [4.78, 5) is 44.7. The number of aromatic nitrogens is 1. The smallest absolute Gasteiger partial charge is 0.253 e. The van der Waals surface area contributed by atoms with Crippen molar-refractivity contribution >= 4 is 29.2 Å². The van der Waals surface area contributed by atoms with E-state index in [0.717, 1.165) is 50.9 Å². The van der Waals surface area contributed by atoms with E-state index in [9.17, 15) is 14.4 Å². The van der Waals surface area contributed by atoms with E-state index in [-0.39, 0.29) is 23.9 Å². The molecule has 2 saturated heterocycles. The summed E-state index contributed by atoms with van der Waals surface area (Å²) in [6, 6.07) is 9.86. The lowest BCUT2D eigenvalue weighted by Crippen LogP contribution is -2.50. The average molecular weight is 531 g/mol. The van der Waals surface area contributed by atoms with E-state index in [1.54, 1.807) is 24.4 Å². The van der Waals surface area contributed by atoms with Crippen LogP contribution >= 0.6 is 0 Å². The molecule has 39 heavy (non-hydrogen) atoms. The first-order valence-corrected chi connectivity index (χ1v) is 14.5. The Morgan fingerprint density at radius 1 is 0.846 bits per heavy atom. The second-order valence-electron chi connectivity index (χ2n) is 11.7. The van der Waals surface area contributed by atoms with Gasteiger partial charge in [0.05, 0.1) is 11.1 Å². The molecule has 2 aliphatic heterocycles. The van der Waals surface area contributed by atoms with E-state index >= 15 is 0 Å². The zero-order valence-electron chi connectivity index (χ0n) is 22.3. The Hall–Kier alpha value is -3.62. The maximum absolute atomic E-state index is 13.2. The third-order valence-corrected chi connectivity index (χ3v) is 8.86. The third-order valence-electron chi connectivity index (χ3n) is 8.86. The highest BCUT2D eigenvalue weighted by atomic mass is 16.2. The molecule has 1 aromatic heterocycles. The van der Waals surface area contributed by atoms with Crippen LogP contribution in [0.3, 0.4) is 0 Å². The largest absolute Gasteiger partial charge is 0.384 e. The summed E-state index contributed by atoms with van der Waals surface area (Å²) in [6.07, 6.45) is 12.4. The number of rotatable bonds is 9. The maximum Gasteiger partial charge on any atom is 0.253 e. The van der Waals surface area contributed by atoms with Gasteiger partial charge in [-0.2, -0.15) is 0 Å². The molecule has 3 amide bonds. The number of anilines is 2. The van der Waals surface area contributed by atoms with Gasteiger partial charge < -0.3 is 26.6 Å². The summed E-state index contributed by atoms with van der Waals surface area (Å²) < 4.78 is 0. The molecule has 2 unspecified atom stereocenters. The van der Waals surface area contributed by atoms with E-state index in [4.69, 9.17) is 5.73 Å². The van der Waals surface area contributed by atoms with Gasteiger partial charge in [0.25, 0.3) is 17.7 Å². The number of benzene rings is 1. The summed E-state index contributed by atoms with van der Waals surface area (Å²) in [7, 11) is 0. The Morgan fingerprint density at radius 2 is 1.51 bits per heavy atom. The van der Waals surface area contributed by atoms with E-state index < -0.39 is 5.91 Å². The fourth-order valence-electron chi connectivity index (χ4n) is 6.57. The predicted octanol–water partition coefficient (Wildman–Crippen LogP) is 3.60. The molecule has 3 heterocycles. The van der Waals surface area contributed by atoms with Gasteiger partial charge in [-0.1, -0.05) is 12.8 Å². The van der Waals surface area contributed by atoms with Crippen LogP contribution < -0.4 is 26.6 Å². The van der Waals surface area contributed by atoms with Crippen LogP contribution in [0.5, 0.6) is 0 Å². The lowest BCUT2D eigenvalue weighted by molar-refractivity contribution is 0.0922. The molecule has 2 aliphatic carbocycles. The van der Waals surface area contributed by atoms with Gasteiger partial charge in [-0.25, -0.2) is 4.98 Å². The molecule has 6 rings (SSSR count). The van der Waals surface area contributed by atoms with Crippen molar-refractivity contribution in [1.82, 2.24) is 15.6 Å². The van der Waals surface area contributed by atoms with E-state index in [1.807, 2.05) is 12.1 Å². The average Bonchev–Trinajstić information content (AvgIpc) is 3.55. The van der Waals surface area contributed by atoms with Gasteiger partial charge in [0.15, 0.2) is 0 Å². The number of hydrogen-bond donors (Lipinski definition) is 4. The number of piperidine rings is 1. The molecule has 4 aliphatic rings. The quantitative estimate of drug-likeness (QED) is 0.392. The molecule has 4 fully saturated rings. The highest BCUT2D eigenvalue weighted by molar-refractivity contribution is 6.02. The van der Waals surface area contributed by atoms with Crippen molar-refractivity contribution in [1.29, 1.82) is 0 Å². The van der Waals surface area contributed by atoms with Crippen molar-refractivity contribution in [3.8, 4) is 0 Å². The number of carbonyl (C=O) groups is 3. The molecular weight excluding hydrogens is 492 g/mol. The van der Waals surface area contributed by atoms with Crippen LogP contribution in [-0.4, -0.2) is 53.4 Å². The Balaban J connectivity index is 1.07. The normalized spacial score (nSPS) is 24.4. The summed E-state index contributed by atoms with van der Waals surface area (Å²) >= 11 is 0. The first-order valence-electron chi connectivity index (χ1n) is 14.5. The fourth-order valence-corrected chi connectivity index (χ4v) is 6.57. The summed E-state index contributed by atoms with van der Waals surface area (Å²) in [6.45, 7) is 0.785. The van der Waals surface area contributed by atoms with Crippen molar-refractivity contribution in [2.45, 2.75) is 88.4 Å². The lowest BCUT2D eigenvalue weighted by Gasteiger charge is -2.40. The van der Waals surface area contributed by atoms with Crippen LogP contribution in [0.15, 0.2) is 36.5 Å². The van der Waals surface area contributed by atoms with Gasteiger partial charge in [-0.3, -0.25) is 14.4 Å². The minimum Gasteiger partial charge on any atom is -0.384 e. The number of hydrogen-bond acceptors (Lipinski definition) is 6. The topological polar surface area (TPSA) is 129 Å². The standard InChI is InChI=1S/C30H38N6O3/c31-28(37)25-11-7-19(13-26(25)32-16-18-5-6-18)29(38)35-22-14-23-9-10-24(15-22)36(23)27-12-8-20(17-33-27)30(39)34-21-3-1-2-4-21/h7-8,11-13,17-18,21-24,32H,1-6,9-10,14-16H2,(H2,31,37)(H,34,39)(H,35,38). The number of amides is 3. The van der Waals surface area contributed by atoms with Crippen LogP contribution in [0.2, 0.25) is 0 Å². The molecule has 2 atom stereocenters. The van der Waals surface area contributed by atoms with Crippen molar-refractivity contribution in [2.75, 3.05) is 16.8 Å². The molecule has 9 heteroatoms. The zero-order valence-corrected chi connectivity index (χ0v) is 22.3. The van der Waals surface area contributed by atoms with E-state index in [2.05, 4.69) is 25.8 Å². The molecule has 5 N–H and O–H groups in total. The van der Waals surface area contributed by atoms with Crippen LogP contribution in [0, 0.1) is 5.92 Å². The number of carbonyl (C=O) groups excluding carboxylic acids is 3. The van der Waals surface area contributed by atoms with Crippen LogP contribution in [-0.2, 0) is 0 Å². The summed E-state index contributed by atoms with van der Waals surface area (Å²) in [5.74, 6) is 0.858. The zero-order chi connectivity index (χ0) is 26.9. The SMILES string of the molecule is NC(=O)c1ccc(C(=O)NC2CC3CCC(C2)N3c2ccc(C(=O)NC3CCCC3)cn2)cc1NCC1CC1. The van der Waals surface area contributed by atoms with Crippen LogP contribution in [0.4, 0.5) is 11.5 Å². The molecule has 9 nitrogen and oxygen atoms in total. The van der Waals surface area contributed by atoms with Gasteiger partial charge in [-0.05, 0) is 87.6 Å². The molecule has 0 spiro atoms. The minimum atomic E-state index is -0.500. The van der Waals surface area contributed by atoms with Crippen molar-refractivity contribution in [3.63, 3.8) is 0 Å². The van der Waals surface area contributed by atoms with E-state index in [0.29, 0.717) is 40.4 Å². The van der Waals surface area contributed by atoms with Crippen molar-refractivity contribution < 1.29 is 14.4 Å².